The second-order valence-corrected chi connectivity index (χ2v) is 7.14. The van der Waals surface area contributed by atoms with E-state index < -0.39 is 0 Å². The zero-order valence-corrected chi connectivity index (χ0v) is 17.5. The third kappa shape index (κ3) is 6.10. The van der Waals surface area contributed by atoms with Crippen molar-refractivity contribution in [3.63, 3.8) is 0 Å². The third-order valence-corrected chi connectivity index (χ3v) is 4.84. The van der Waals surface area contributed by atoms with Gasteiger partial charge in [0.2, 0.25) is 0 Å². The molecule has 0 saturated carbocycles. The Balaban J connectivity index is 1.49. The van der Waals surface area contributed by atoms with Crippen LogP contribution in [0.5, 0.6) is 0 Å². The SMILES string of the molecule is CN=C(NCCc1ccc(N(C)C)cc1)NCc1ccccc1Cn1cccn1. The minimum Gasteiger partial charge on any atom is -0.378 e. The van der Waals surface area contributed by atoms with E-state index in [2.05, 4.69) is 88.3 Å². The maximum Gasteiger partial charge on any atom is 0.191 e. The summed E-state index contributed by atoms with van der Waals surface area (Å²) in [4.78, 5) is 6.46. The second kappa shape index (κ2) is 10.3. The van der Waals surface area contributed by atoms with E-state index in [0.29, 0.717) is 6.54 Å². The molecule has 6 heteroatoms. The monoisotopic (exact) mass is 390 g/mol. The van der Waals surface area contributed by atoms with Crippen LogP contribution in [0, 0.1) is 0 Å². The number of benzene rings is 2. The number of guanidine groups is 1. The van der Waals surface area contributed by atoms with E-state index in [-0.39, 0.29) is 0 Å². The van der Waals surface area contributed by atoms with E-state index in [4.69, 9.17) is 0 Å². The third-order valence-electron chi connectivity index (χ3n) is 4.84. The highest BCUT2D eigenvalue weighted by Crippen LogP contribution is 2.12. The topological polar surface area (TPSA) is 57.5 Å². The summed E-state index contributed by atoms with van der Waals surface area (Å²) in [7, 11) is 5.91. The Hall–Kier alpha value is -3.28. The maximum atomic E-state index is 4.35. The smallest absolute Gasteiger partial charge is 0.191 e. The highest BCUT2D eigenvalue weighted by Gasteiger charge is 2.05. The van der Waals surface area contributed by atoms with Gasteiger partial charge in [0.25, 0.3) is 0 Å². The molecular weight excluding hydrogens is 360 g/mol. The zero-order chi connectivity index (χ0) is 20.5. The summed E-state index contributed by atoms with van der Waals surface area (Å²) in [6, 6.07) is 19.0. The molecule has 29 heavy (non-hydrogen) atoms. The summed E-state index contributed by atoms with van der Waals surface area (Å²) >= 11 is 0. The van der Waals surface area contributed by atoms with Crippen LogP contribution < -0.4 is 15.5 Å². The van der Waals surface area contributed by atoms with Gasteiger partial charge in [0, 0.05) is 52.3 Å². The van der Waals surface area contributed by atoms with E-state index in [1.807, 2.05) is 16.9 Å². The molecule has 0 unspecified atom stereocenters. The van der Waals surface area contributed by atoms with Crippen molar-refractivity contribution in [1.29, 1.82) is 0 Å². The van der Waals surface area contributed by atoms with Crippen LogP contribution in [0.3, 0.4) is 0 Å². The van der Waals surface area contributed by atoms with Crippen molar-refractivity contribution in [3.8, 4) is 0 Å². The molecule has 3 rings (SSSR count). The molecule has 152 valence electrons. The van der Waals surface area contributed by atoms with E-state index in [1.165, 1.54) is 22.4 Å². The Kier molecular flexibility index (Phi) is 7.28. The number of hydrogen-bond acceptors (Lipinski definition) is 3. The van der Waals surface area contributed by atoms with Gasteiger partial charge in [-0.2, -0.15) is 5.10 Å². The van der Waals surface area contributed by atoms with Crippen molar-refractivity contribution in [2.24, 2.45) is 4.99 Å². The van der Waals surface area contributed by atoms with Crippen molar-refractivity contribution in [1.82, 2.24) is 20.4 Å². The number of aliphatic imine (C=N–C) groups is 1. The van der Waals surface area contributed by atoms with Gasteiger partial charge in [-0.25, -0.2) is 0 Å². The first kappa shape index (κ1) is 20.5. The molecule has 1 heterocycles. The average Bonchev–Trinajstić information content (AvgIpc) is 3.25. The van der Waals surface area contributed by atoms with Crippen molar-refractivity contribution >= 4 is 11.6 Å². The summed E-state index contributed by atoms with van der Waals surface area (Å²) in [5, 5.41) is 11.1. The molecule has 1 aromatic heterocycles. The van der Waals surface area contributed by atoms with Crippen molar-refractivity contribution < 1.29 is 0 Å². The molecule has 0 amide bonds. The van der Waals surface area contributed by atoms with Gasteiger partial charge in [-0.3, -0.25) is 9.67 Å². The fraction of sp³-hybridized carbons (Fsp3) is 0.304. The molecule has 0 aliphatic carbocycles. The molecular formula is C23H30N6. The summed E-state index contributed by atoms with van der Waals surface area (Å²) in [6.45, 7) is 2.31. The van der Waals surface area contributed by atoms with Gasteiger partial charge < -0.3 is 15.5 Å². The van der Waals surface area contributed by atoms with Gasteiger partial charge >= 0.3 is 0 Å². The van der Waals surface area contributed by atoms with E-state index in [0.717, 1.165) is 25.5 Å². The lowest BCUT2D eigenvalue weighted by atomic mass is 10.1. The normalized spacial score (nSPS) is 11.3. The predicted molar refractivity (Wildman–Crippen MR) is 120 cm³/mol. The Morgan fingerprint density at radius 2 is 1.76 bits per heavy atom. The number of anilines is 1. The molecule has 0 fully saturated rings. The van der Waals surface area contributed by atoms with E-state index >= 15 is 0 Å². The quantitative estimate of drug-likeness (QED) is 0.459. The van der Waals surface area contributed by atoms with Crippen LogP contribution in [0.4, 0.5) is 5.69 Å². The van der Waals surface area contributed by atoms with Gasteiger partial charge in [-0.05, 0) is 41.3 Å². The van der Waals surface area contributed by atoms with Crippen LogP contribution in [0.2, 0.25) is 0 Å². The van der Waals surface area contributed by atoms with Gasteiger partial charge in [-0.15, -0.1) is 0 Å². The Morgan fingerprint density at radius 3 is 2.41 bits per heavy atom. The summed E-state index contributed by atoms with van der Waals surface area (Å²) in [6.07, 6.45) is 4.74. The van der Waals surface area contributed by atoms with Crippen LogP contribution in [-0.4, -0.2) is 43.4 Å². The first-order valence-corrected chi connectivity index (χ1v) is 9.90. The number of nitrogens with one attached hydrogen (secondary N) is 2. The molecule has 0 bridgehead atoms. The molecule has 2 N–H and O–H groups in total. The lowest BCUT2D eigenvalue weighted by molar-refractivity contribution is 0.677. The van der Waals surface area contributed by atoms with Crippen LogP contribution in [-0.2, 0) is 19.5 Å². The minimum absolute atomic E-state index is 0.717. The van der Waals surface area contributed by atoms with Crippen molar-refractivity contribution in [2.45, 2.75) is 19.5 Å². The minimum atomic E-state index is 0.717. The van der Waals surface area contributed by atoms with Crippen LogP contribution in [0.25, 0.3) is 0 Å². The van der Waals surface area contributed by atoms with Crippen LogP contribution >= 0.6 is 0 Å². The molecule has 0 saturated heterocycles. The van der Waals surface area contributed by atoms with Gasteiger partial charge in [0.05, 0.1) is 6.54 Å². The number of aromatic nitrogens is 2. The predicted octanol–water partition coefficient (Wildman–Crippen LogP) is 2.91. The fourth-order valence-corrected chi connectivity index (χ4v) is 3.14. The summed E-state index contributed by atoms with van der Waals surface area (Å²) in [5.74, 6) is 0.809. The first-order valence-electron chi connectivity index (χ1n) is 9.90. The maximum absolute atomic E-state index is 4.35. The standard InChI is InChI=1S/C23H30N6/c1-24-23(25-15-13-19-9-11-22(12-10-19)28(2)3)26-17-20-7-4-5-8-21(20)18-29-16-6-14-27-29/h4-12,14,16H,13,15,17-18H2,1-3H3,(H2,24,25,26). The molecule has 6 nitrogen and oxygen atoms in total. The van der Waals surface area contributed by atoms with Crippen LogP contribution in [0.1, 0.15) is 16.7 Å². The number of nitrogens with zero attached hydrogens (tertiary/aromatic N) is 4. The molecule has 0 aliphatic rings. The number of hydrogen-bond donors (Lipinski definition) is 2. The lowest BCUT2D eigenvalue weighted by Gasteiger charge is -2.15. The molecule has 0 aliphatic heterocycles. The van der Waals surface area contributed by atoms with Gasteiger partial charge in [-0.1, -0.05) is 36.4 Å². The Bertz CT molecular complexity index is 897. The molecule has 3 aromatic rings. The lowest BCUT2D eigenvalue weighted by Crippen LogP contribution is -2.38. The highest BCUT2D eigenvalue weighted by atomic mass is 15.3. The summed E-state index contributed by atoms with van der Waals surface area (Å²) in [5.41, 5.74) is 5.02. The first-order chi connectivity index (χ1) is 14.2. The average molecular weight is 391 g/mol. The van der Waals surface area contributed by atoms with Crippen molar-refractivity contribution in [3.05, 3.63) is 83.7 Å². The van der Waals surface area contributed by atoms with E-state index in [1.54, 1.807) is 13.2 Å². The summed E-state index contributed by atoms with van der Waals surface area (Å²) < 4.78 is 1.94. The van der Waals surface area contributed by atoms with E-state index in [9.17, 15) is 0 Å². The van der Waals surface area contributed by atoms with Gasteiger partial charge in [0.1, 0.15) is 0 Å². The van der Waals surface area contributed by atoms with Crippen LogP contribution in [0.15, 0.2) is 72.0 Å². The number of rotatable bonds is 8. The molecule has 2 aromatic carbocycles. The molecule has 0 spiro atoms. The molecule has 0 radical (unpaired) electrons. The Morgan fingerprint density at radius 1 is 1.00 bits per heavy atom. The fourth-order valence-electron chi connectivity index (χ4n) is 3.14. The molecule has 0 atom stereocenters. The Labute approximate surface area is 173 Å². The zero-order valence-electron chi connectivity index (χ0n) is 17.5. The highest BCUT2D eigenvalue weighted by molar-refractivity contribution is 5.79. The second-order valence-electron chi connectivity index (χ2n) is 7.14. The van der Waals surface area contributed by atoms with Crippen molar-refractivity contribution in [2.75, 3.05) is 32.6 Å². The largest absolute Gasteiger partial charge is 0.378 e. The van der Waals surface area contributed by atoms with Gasteiger partial charge in [0.15, 0.2) is 5.96 Å².